The number of benzene rings is 2. The fourth-order valence-corrected chi connectivity index (χ4v) is 3.66. The van der Waals surface area contributed by atoms with Crippen molar-refractivity contribution in [1.29, 1.82) is 0 Å². The van der Waals surface area contributed by atoms with Crippen molar-refractivity contribution in [2.75, 3.05) is 24.3 Å². The number of amides is 1. The molecule has 0 unspecified atom stereocenters. The maximum absolute atomic E-state index is 12.1. The highest BCUT2D eigenvalue weighted by molar-refractivity contribution is 7.12. The van der Waals surface area contributed by atoms with Crippen molar-refractivity contribution in [2.24, 2.45) is 10.7 Å². The summed E-state index contributed by atoms with van der Waals surface area (Å²) in [5, 5.41) is 4.95. The highest BCUT2D eigenvalue weighted by Gasteiger charge is 2.04. The lowest BCUT2D eigenvalue weighted by Crippen LogP contribution is -2.12. The van der Waals surface area contributed by atoms with Gasteiger partial charge in [0.05, 0.1) is 10.6 Å². The van der Waals surface area contributed by atoms with Crippen molar-refractivity contribution < 1.29 is 4.79 Å². The molecule has 1 aromatic heterocycles. The Balaban J connectivity index is 0.00000341. The van der Waals surface area contributed by atoms with Gasteiger partial charge in [-0.2, -0.15) is 0 Å². The molecule has 0 spiro atoms. The fourth-order valence-electron chi connectivity index (χ4n) is 3.04. The molecule has 31 heavy (non-hydrogen) atoms. The molecule has 164 valence electrons. The van der Waals surface area contributed by atoms with Gasteiger partial charge in [-0.05, 0) is 72.7 Å². The Labute approximate surface area is 194 Å². The van der Waals surface area contributed by atoms with E-state index in [9.17, 15) is 4.79 Å². The summed E-state index contributed by atoms with van der Waals surface area (Å²) >= 11 is 1.58. The molecule has 0 saturated carbocycles. The van der Waals surface area contributed by atoms with E-state index in [1.807, 2.05) is 72.9 Å². The van der Waals surface area contributed by atoms with E-state index < -0.39 is 0 Å². The molecule has 1 heterocycles. The average molecular weight is 457 g/mol. The molecule has 5 nitrogen and oxygen atoms in total. The molecule has 0 aliphatic rings. The molecular weight excluding hydrogens is 428 g/mol. The molecule has 0 atom stereocenters. The first kappa shape index (κ1) is 24.4. The van der Waals surface area contributed by atoms with Crippen LogP contribution in [-0.4, -0.2) is 25.8 Å². The Morgan fingerprint density at radius 2 is 1.74 bits per heavy atom. The highest BCUT2D eigenvalue weighted by Crippen LogP contribution is 2.18. The first-order valence-corrected chi connectivity index (χ1v) is 10.9. The Morgan fingerprint density at radius 3 is 2.35 bits per heavy atom. The molecule has 3 rings (SSSR count). The van der Waals surface area contributed by atoms with Crippen LogP contribution in [0.1, 0.15) is 29.7 Å². The summed E-state index contributed by atoms with van der Waals surface area (Å²) < 4.78 is 0. The van der Waals surface area contributed by atoms with Crippen LogP contribution in [0.3, 0.4) is 0 Å². The van der Waals surface area contributed by atoms with E-state index in [1.165, 1.54) is 5.56 Å². The van der Waals surface area contributed by atoms with Crippen molar-refractivity contribution >= 4 is 52.5 Å². The Morgan fingerprint density at radius 1 is 1.03 bits per heavy atom. The molecule has 0 fully saturated rings. The van der Waals surface area contributed by atoms with E-state index in [0.717, 1.165) is 41.2 Å². The number of halogens is 1. The number of hydrogen-bond acceptors (Lipinski definition) is 4. The van der Waals surface area contributed by atoms with E-state index in [-0.39, 0.29) is 18.3 Å². The summed E-state index contributed by atoms with van der Waals surface area (Å²) in [4.78, 5) is 19.6. The molecular formula is C24H29ClN4OS. The van der Waals surface area contributed by atoms with Gasteiger partial charge in [0.1, 0.15) is 5.84 Å². The second kappa shape index (κ2) is 12.1. The van der Waals surface area contributed by atoms with Crippen molar-refractivity contribution in [2.45, 2.75) is 25.7 Å². The fraction of sp³-hybridized carbons (Fsp3) is 0.250. The standard InChI is InChI=1S/C24H28N4OS.ClH/c1-28(2)21-15-13-19(14-16-21)26-23(29)8-4-3-6-18-9-11-20(12-10-18)27-24(25)22-7-5-17-30-22;/h5,7,9-17H,3-4,6,8H2,1-2H3,(H2,25,27)(H,26,29);1H. The maximum Gasteiger partial charge on any atom is 0.224 e. The molecule has 3 aromatic rings. The number of aliphatic imine (C=N–C) groups is 1. The zero-order valence-corrected chi connectivity index (χ0v) is 19.5. The van der Waals surface area contributed by atoms with Crippen LogP contribution >= 0.6 is 23.7 Å². The number of amidine groups is 1. The predicted octanol–water partition coefficient (Wildman–Crippen LogP) is 5.62. The van der Waals surface area contributed by atoms with Gasteiger partial charge in [-0.3, -0.25) is 4.79 Å². The van der Waals surface area contributed by atoms with E-state index in [0.29, 0.717) is 12.3 Å². The molecule has 0 saturated heterocycles. The number of nitrogens with two attached hydrogens (primary N) is 1. The average Bonchev–Trinajstić information content (AvgIpc) is 3.28. The molecule has 1 amide bonds. The summed E-state index contributed by atoms with van der Waals surface area (Å²) in [5.74, 6) is 0.599. The van der Waals surface area contributed by atoms with Gasteiger partial charge >= 0.3 is 0 Å². The van der Waals surface area contributed by atoms with Crippen LogP contribution in [0.4, 0.5) is 17.1 Å². The molecule has 0 aliphatic heterocycles. The SMILES string of the molecule is CN(C)c1ccc(NC(=O)CCCCc2ccc(N=C(N)c3cccs3)cc2)cc1.Cl. The second-order valence-electron chi connectivity index (χ2n) is 7.34. The van der Waals surface area contributed by atoms with E-state index in [1.54, 1.807) is 11.3 Å². The lowest BCUT2D eigenvalue weighted by Gasteiger charge is -2.13. The number of anilines is 2. The molecule has 2 aromatic carbocycles. The minimum absolute atomic E-state index is 0. The summed E-state index contributed by atoms with van der Waals surface area (Å²) in [6.07, 6.45) is 3.28. The molecule has 0 radical (unpaired) electrons. The number of aryl methyl sites for hydroxylation is 1. The number of rotatable bonds is 9. The third-order valence-corrected chi connectivity index (χ3v) is 5.64. The maximum atomic E-state index is 12.1. The van der Waals surface area contributed by atoms with Gasteiger partial charge in [0.15, 0.2) is 0 Å². The van der Waals surface area contributed by atoms with Gasteiger partial charge in [-0.1, -0.05) is 18.2 Å². The summed E-state index contributed by atoms with van der Waals surface area (Å²) in [6.45, 7) is 0. The van der Waals surface area contributed by atoms with Crippen LogP contribution in [0.5, 0.6) is 0 Å². The van der Waals surface area contributed by atoms with E-state index >= 15 is 0 Å². The summed E-state index contributed by atoms with van der Waals surface area (Å²) in [5.41, 5.74) is 10.1. The van der Waals surface area contributed by atoms with Gasteiger partial charge in [0.25, 0.3) is 0 Å². The minimum atomic E-state index is 0. The van der Waals surface area contributed by atoms with Gasteiger partial charge in [-0.15, -0.1) is 23.7 Å². The number of nitrogens with zero attached hydrogens (tertiary/aromatic N) is 2. The third-order valence-electron chi connectivity index (χ3n) is 4.75. The Bertz CT molecular complexity index is 968. The van der Waals surface area contributed by atoms with Crippen LogP contribution in [0.15, 0.2) is 71.0 Å². The zero-order chi connectivity index (χ0) is 21.3. The molecule has 7 heteroatoms. The van der Waals surface area contributed by atoms with Gasteiger partial charge in [0.2, 0.25) is 5.91 Å². The number of thiophene rings is 1. The number of unbranched alkanes of at least 4 members (excludes halogenated alkanes) is 1. The number of nitrogens with one attached hydrogen (secondary N) is 1. The number of carbonyl (C=O) groups is 1. The Kier molecular flexibility index (Phi) is 9.56. The smallest absolute Gasteiger partial charge is 0.224 e. The van der Waals surface area contributed by atoms with Crippen molar-refractivity contribution in [3.05, 3.63) is 76.5 Å². The molecule has 3 N–H and O–H groups in total. The van der Waals surface area contributed by atoms with Gasteiger partial charge in [0, 0.05) is 31.9 Å². The summed E-state index contributed by atoms with van der Waals surface area (Å²) in [7, 11) is 3.99. The van der Waals surface area contributed by atoms with Crippen molar-refractivity contribution in [3.8, 4) is 0 Å². The lowest BCUT2D eigenvalue weighted by molar-refractivity contribution is -0.116. The minimum Gasteiger partial charge on any atom is -0.383 e. The zero-order valence-electron chi connectivity index (χ0n) is 17.9. The Hall–Kier alpha value is -2.83. The summed E-state index contributed by atoms with van der Waals surface area (Å²) in [6, 6.07) is 19.9. The van der Waals surface area contributed by atoms with Gasteiger partial charge in [-0.25, -0.2) is 4.99 Å². The second-order valence-corrected chi connectivity index (χ2v) is 8.29. The van der Waals surface area contributed by atoms with Crippen LogP contribution in [0, 0.1) is 0 Å². The largest absolute Gasteiger partial charge is 0.383 e. The van der Waals surface area contributed by atoms with E-state index in [4.69, 9.17) is 5.73 Å². The monoisotopic (exact) mass is 456 g/mol. The van der Waals surface area contributed by atoms with E-state index in [2.05, 4.69) is 22.4 Å². The van der Waals surface area contributed by atoms with Crippen molar-refractivity contribution in [1.82, 2.24) is 0 Å². The third kappa shape index (κ3) is 7.74. The predicted molar refractivity (Wildman–Crippen MR) is 135 cm³/mol. The number of hydrogen-bond donors (Lipinski definition) is 2. The van der Waals surface area contributed by atoms with Crippen molar-refractivity contribution in [3.63, 3.8) is 0 Å². The number of carbonyl (C=O) groups excluding carboxylic acids is 1. The molecule has 0 aliphatic carbocycles. The van der Waals surface area contributed by atoms with Crippen LogP contribution in [0.2, 0.25) is 0 Å². The first-order chi connectivity index (χ1) is 14.5. The first-order valence-electron chi connectivity index (χ1n) is 10.1. The molecule has 0 bridgehead atoms. The topological polar surface area (TPSA) is 70.7 Å². The van der Waals surface area contributed by atoms with Gasteiger partial charge < -0.3 is 16.0 Å². The lowest BCUT2D eigenvalue weighted by atomic mass is 10.1. The normalized spacial score (nSPS) is 11.0. The quantitative estimate of drug-likeness (QED) is 0.249. The van der Waals surface area contributed by atoms with Crippen LogP contribution in [-0.2, 0) is 11.2 Å². The van der Waals surface area contributed by atoms with Crippen LogP contribution in [0.25, 0.3) is 0 Å². The van der Waals surface area contributed by atoms with Crippen LogP contribution < -0.4 is 16.0 Å². The highest BCUT2D eigenvalue weighted by atomic mass is 35.5.